The van der Waals surface area contributed by atoms with Crippen LogP contribution in [0.4, 0.5) is 4.39 Å². The monoisotopic (exact) mass is 234 g/mol. The fourth-order valence-corrected chi connectivity index (χ4v) is 1.89. The van der Waals surface area contributed by atoms with Gasteiger partial charge in [-0.25, -0.2) is 4.39 Å². The van der Waals surface area contributed by atoms with Gasteiger partial charge in [-0.05, 0) is 25.0 Å². The van der Waals surface area contributed by atoms with Gasteiger partial charge in [0.05, 0.1) is 0 Å². The average Bonchev–Trinajstić information content (AvgIpc) is 2.30. The molecule has 0 saturated carbocycles. The number of rotatable bonds is 2. The number of benzene rings is 1. The molecule has 1 aromatic carbocycles. The molecular weight excluding hydrogens is 219 g/mol. The lowest BCUT2D eigenvalue weighted by Gasteiger charge is -2.19. The van der Waals surface area contributed by atoms with E-state index in [1.165, 1.54) is 6.07 Å². The molecule has 1 aromatic rings. The zero-order valence-corrected chi connectivity index (χ0v) is 10.0. The van der Waals surface area contributed by atoms with Crippen LogP contribution in [0.1, 0.15) is 19.4 Å². The molecule has 0 aliphatic carbocycles. The van der Waals surface area contributed by atoms with Gasteiger partial charge in [-0.15, -0.1) is 11.8 Å². The van der Waals surface area contributed by atoms with Crippen LogP contribution in [0, 0.1) is 23.6 Å². The van der Waals surface area contributed by atoms with Gasteiger partial charge in [0.1, 0.15) is 19.0 Å². The molecule has 0 bridgehead atoms. The lowest BCUT2D eigenvalue weighted by molar-refractivity contribution is 0.170. The molecule has 90 valence electrons. The van der Waals surface area contributed by atoms with Crippen molar-refractivity contribution in [3.8, 4) is 23.3 Å². The zero-order chi connectivity index (χ0) is 12.3. The van der Waals surface area contributed by atoms with E-state index >= 15 is 0 Å². The lowest BCUT2D eigenvalue weighted by atomic mass is 10.0. The summed E-state index contributed by atoms with van der Waals surface area (Å²) in [6.07, 6.45) is 0.587. The second kappa shape index (κ2) is 5.09. The fraction of sp³-hybridized carbons (Fsp3) is 0.429. The molecule has 0 amide bonds. The average molecular weight is 234 g/mol. The highest BCUT2D eigenvalue weighted by atomic mass is 19.1. The maximum absolute atomic E-state index is 13.8. The van der Waals surface area contributed by atoms with Crippen molar-refractivity contribution < 1.29 is 13.9 Å². The van der Waals surface area contributed by atoms with Crippen LogP contribution in [-0.2, 0) is 6.42 Å². The van der Waals surface area contributed by atoms with E-state index in [0.717, 1.165) is 0 Å². The maximum Gasteiger partial charge on any atom is 0.164 e. The molecule has 1 aliphatic heterocycles. The molecule has 0 N–H and O–H groups in total. The summed E-state index contributed by atoms with van der Waals surface area (Å²) in [5, 5.41) is 0. The predicted molar refractivity (Wildman–Crippen MR) is 63.7 cm³/mol. The molecule has 0 aromatic heterocycles. The zero-order valence-electron chi connectivity index (χ0n) is 10.0. The lowest BCUT2D eigenvalue weighted by Crippen LogP contribution is -2.16. The van der Waals surface area contributed by atoms with E-state index in [1.54, 1.807) is 13.0 Å². The molecule has 0 radical (unpaired) electrons. The van der Waals surface area contributed by atoms with Crippen molar-refractivity contribution >= 4 is 0 Å². The normalized spacial score (nSPS) is 14.8. The van der Waals surface area contributed by atoms with Crippen LogP contribution in [-0.4, -0.2) is 13.2 Å². The van der Waals surface area contributed by atoms with Crippen molar-refractivity contribution in [2.75, 3.05) is 13.2 Å². The first-order valence-corrected chi connectivity index (χ1v) is 5.71. The van der Waals surface area contributed by atoms with Crippen LogP contribution in [0.2, 0.25) is 0 Å². The van der Waals surface area contributed by atoms with E-state index in [4.69, 9.17) is 9.47 Å². The Kier molecular flexibility index (Phi) is 3.53. The summed E-state index contributed by atoms with van der Waals surface area (Å²) in [7, 11) is 0. The number of ether oxygens (including phenoxy) is 2. The highest BCUT2D eigenvalue weighted by Crippen LogP contribution is 2.33. The van der Waals surface area contributed by atoms with Crippen LogP contribution in [0.3, 0.4) is 0 Å². The molecule has 0 fully saturated rings. The van der Waals surface area contributed by atoms with E-state index in [0.29, 0.717) is 36.7 Å². The number of hydrogen-bond donors (Lipinski definition) is 0. The van der Waals surface area contributed by atoms with Crippen LogP contribution >= 0.6 is 0 Å². The number of halogens is 1. The van der Waals surface area contributed by atoms with E-state index < -0.39 is 0 Å². The van der Waals surface area contributed by atoms with Gasteiger partial charge in [-0.1, -0.05) is 6.92 Å². The SMILES string of the molecule is CC#CC(C)Cc1cc2c(cc1F)OCCO2. The molecule has 1 aliphatic rings. The summed E-state index contributed by atoms with van der Waals surface area (Å²) in [6, 6.07) is 3.12. The minimum Gasteiger partial charge on any atom is -0.486 e. The van der Waals surface area contributed by atoms with Crippen molar-refractivity contribution in [3.05, 3.63) is 23.5 Å². The largest absolute Gasteiger partial charge is 0.486 e. The van der Waals surface area contributed by atoms with Crippen LogP contribution in [0.15, 0.2) is 12.1 Å². The third-order valence-electron chi connectivity index (χ3n) is 2.63. The first-order chi connectivity index (χ1) is 8.20. The van der Waals surface area contributed by atoms with E-state index in [-0.39, 0.29) is 11.7 Å². The summed E-state index contributed by atoms with van der Waals surface area (Å²) < 4.78 is 24.5. The van der Waals surface area contributed by atoms with Crippen LogP contribution in [0.5, 0.6) is 11.5 Å². The van der Waals surface area contributed by atoms with Gasteiger partial charge in [-0.3, -0.25) is 0 Å². The van der Waals surface area contributed by atoms with Crippen molar-refractivity contribution in [3.63, 3.8) is 0 Å². The Labute approximate surface area is 101 Å². The third kappa shape index (κ3) is 2.71. The van der Waals surface area contributed by atoms with Crippen LogP contribution in [0.25, 0.3) is 0 Å². The highest BCUT2D eigenvalue weighted by Gasteiger charge is 2.16. The Morgan fingerprint density at radius 1 is 1.29 bits per heavy atom. The van der Waals surface area contributed by atoms with Gasteiger partial charge in [0, 0.05) is 12.0 Å². The standard InChI is InChI=1S/C14H15FO2/c1-3-4-10(2)7-11-8-13-14(9-12(11)15)17-6-5-16-13/h8-10H,5-7H2,1-2H3. The molecule has 1 unspecified atom stereocenters. The summed E-state index contributed by atoms with van der Waals surface area (Å²) in [6.45, 7) is 4.76. The van der Waals surface area contributed by atoms with Gasteiger partial charge in [-0.2, -0.15) is 0 Å². The second-order valence-electron chi connectivity index (χ2n) is 4.09. The van der Waals surface area contributed by atoms with E-state index in [9.17, 15) is 4.39 Å². The first kappa shape index (κ1) is 11.8. The van der Waals surface area contributed by atoms with Crippen LogP contribution < -0.4 is 9.47 Å². The van der Waals surface area contributed by atoms with Gasteiger partial charge in [0.2, 0.25) is 0 Å². The maximum atomic E-state index is 13.8. The summed E-state index contributed by atoms with van der Waals surface area (Å²) >= 11 is 0. The molecular formula is C14H15FO2. The summed E-state index contributed by atoms with van der Waals surface area (Å²) in [5.41, 5.74) is 0.629. The smallest absolute Gasteiger partial charge is 0.164 e. The molecule has 0 spiro atoms. The van der Waals surface area contributed by atoms with Crippen molar-refractivity contribution in [2.45, 2.75) is 20.3 Å². The van der Waals surface area contributed by atoms with Gasteiger partial charge >= 0.3 is 0 Å². The summed E-state index contributed by atoms with van der Waals surface area (Å²) in [4.78, 5) is 0. The topological polar surface area (TPSA) is 18.5 Å². The Morgan fingerprint density at radius 3 is 2.59 bits per heavy atom. The minimum atomic E-state index is -0.251. The Hall–Kier alpha value is -1.69. The fourth-order valence-electron chi connectivity index (χ4n) is 1.89. The molecule has 1 heterocycles. The minimum absolute atomic E-state index is 0.136. The third-order valence-corrected chi connectivity index (χ3v) is 2.63. The predicted octanol–water partition coefficient (Wildman–Crippen LogP) is 2.80. The van der Waals surface area contributed by atoms with Gasteiger partial charge in [0.25, 0.3) is 0 Å². The van der Waals surface area contributed by atoms with Crippen molar-refractivity contribution in [2.24, 2.45) is 5.92 Å². The Balaban J connectivity index is 2.24. The number of fused-ring (bicyclic) bond motifs is 1. The van der Waals surface area contributed by atoms with E-state index in [1.807, 2.05) is 6.92 Å². The van der Waals surface area contributed by atoms with Gasteiger partial charge in [0.15, 0.2) is 11.5 Å². The molecule has 2 rings (SSSR count). The van der Waals surface area contributed by atoms with Crippen molar-refractivity contribution in [1.82, 2.24) is 0 Å². The molecule has 2 nitrogen and oxygen atoms in total. The summed E-state index contributed by atoms with van der Waals surface area (Å²) in [5.74, 6) is 6.86. The second-order valence-corrected chi connectivity index (χ2v) is 4.09. The van der Waals surface area contributed by atoms with Gasteiger partial charge < -0.3 is 9.47 Å². The van der Waals surface area contributed by atoms with E-state index in [2.05, 4.69) is 11.8 Å². The number of hydrogen-bond acceptors (Lipinski definition) is 2. The first-order valence-electron chi connectivity index (χ1n) is 5.71. The Morgan fingerprint density at radius 2 is 1.94 bits per heavy atom. The quantitative estimate of drug-likeness (QED) is 0.732. The molecule has 1 atom stereocenters. The molecule has 17 heavy (non-hydrogen) atoms. The molecule has 3 heteroatoms. The molecule has 0 saturated heterocycles. The van der Waals surface area contributed by atoms with Crippen molar-refractivity contribution in [1.29, 1.82) is 0 Å². The highest BCUT2D eigenvalue weighted by molar-refractivity contribution is 5.44. The Bertz CT molecular complexity index is 471.